The zero-order chi connectivity index (χ0) is 13.9. The largest absolute Gasteiger partial charge is 0.381 e. The van der Waals surface area contributed by atoms with Gasteiger partial charge in [-0.1, -0.05) is 31.1 Å². The maximum Gasteiger partial charge on any atom is 0.165 e. The van der Waals surface area contributed by atoms with Crippen molar-refractivity contribution < 1.29 is 13.9 Å². The summed E-state index contributed by atoms with van der Waals surface area (Å²) >= 11 is 0. The average molecular weight is 266 g/mol. The molecule has 0 radical (unpaired) electrons. The maximum atomic E-state index is 13.9. The maximum absolute atomic E-state index is 13.9. The lowest BCUT2D eigenvalue weighted by Gasteiger charge is -2.29. The summed E-state index contributed by atoms with van der Waals surface area (Å²) < 4.78 is 27.2. The lowest BCUT2D eigenvalue weighted by Crippen LogP contribution is -2.26. The van der Waals surface area contributed by atoms with Gasteiger partial charge in [0.1, 0.15) is 5.60 Å². The summed E-state index contributed by atoms with van der Waals surface area (Å²) in [6.45, 7) is 1.55. The smallest absolute Gasteiger partial charge is 0.165 e. The fourth-order valence-electron chi connectivity index (χ4n) is 2.69. The number of halogens is 2. The van der Waals surface area contributed by atoms with Crippen molar-refractivity contribution in [1.29, 1.82) is 0 Å². The summed E-state index contributed by atoms with van der Waals surface area (Å²) in [6.07, 6.45) is 8.01. The van der Waals surface area contributed by atoms with Gasteiger partial charge in [-0.15, -0.1) is 0 Å². The molecule has 0 spiro atoms. The minimum absolute atomic E-state index is 0.0272. The van der Waals surface area contributed by atoms with Crippen LogP contribution in [0.2, 0.25) is 0 Å². The van der Waals surface area contributed by atoms with Gasteiger partial charge in [0.05, 0.1) is 0 Å². The molecule has 3 heteroatoms. The van der Waals surface area contributed by atoms with Crippen LogP contribution in [-0.2, 0) is 5.60 Å². The van der Waals surface area contributed by atoms with Crippen LogP contribution < -0.4 is 0 Å². The molecule has 0 fully saturated rings. The van der Waals surface area contributed by atoms with Crippen molar-refractivity contribution in [1.82, 2.24) is 0 Å². The molecular weight excluding hydrogens is 246 g/mol. The number of allylic oxidation sites excluding steroid dienone is 1. The molecular formula is C16H20F2O. The van der Waals surface area contributed by atoms with E-state index < -0.39 is 17.2 Å². The Morgan fingerprint density at radius 1 is 1.11 bits per heavy atom. The Balaban J connectivity index is 2.37. The second kappa shape index (κ2) is 5.83. The van der Waals surface area contributed by atoms with Gasteiger partial charge >= 0.3 is 0 Å². The predicted octanol–water partition coefficient (Wildman–Crippen LogP) is 4.45. The van der Waals surface area contributed by atoms with Crippen molar-refractivity contribution in [3.05, 3.63) is 47.0 Å². The Labute approximate surface area is 113 Å². The topological polar surface area (TPSA) is 20.2 Å². The van der Waals surface area contributed by atoms with E-state index in [0.717, 1.165) is 43.7 Å². The van der Waals surface area contributed by atoms with Crippen LogP contribution in [0.4, 0.5) is 8.78 Å². The highest BCUT2D eigenvalue weighted by Crippen LogP contribution is 2.35. The van der Waals surface area contributed by atoms with Gasteiger partial charge in [0.15, 0.2) is 11.6 Å². The standard InChI is InChI=1S/C16H20F2O/c1-16(19,12-8-5-3-2-4-6-9-12)13-10-7-11-14(17)15(13)18/h7-8,10-11,19H,2-6,9H2,1H3/b12-8+. The molecule has 1 nitrogen and oxygen atoms in total. The second-order valence-electron chi connectivity index (χ2n) is 5.36. The van der Waals surface area contributed by atoms with Crippen molar-refractivity contribution in [3.63, 3.8) is 0 Å². The fraction of sp³-hybridized carbons (Fsp3) is 0.500. The van der Waals surface area contributed by atoms with Crippen molar-refractivity contribution in [2.75, 3.05) is 0 Å². The molecule has 1 aromatic rings. The average Bonchev–Trinajstić information content (AvgIpc) is 2.31. The Morgan fingerprint density at radius 2 is 1.84 bits per heavy atom. The minimum atomic E-state index is -1.43. The molecule has 1 atom stereocenters. The van der Waals surface area contributed by atoms with Gasteiger partial charge in [0, 0.05) is 5.56 Å². The third-order valence-electron chi connectivity index (χ3n) is 3.89. The minimum Gasteiger partial charge on any atom is -0.381 e. The molecule has 1 aliphatic rings. The molecule has 1 aliphatic carbocycles. The van der Waals surface area contributed by atoms with Crippen LogP contribution in [-0.4, -0.2) is 5.11 Å². The molecule has 0 amide bonds. The van der Waals surface area contributed by atoms with E-state index >= 15 is 0 Å². The summed E-state index contributed by atoms with van der Waals surface area (Å²) in [4.78, 5) is 0. The summed E-state index contributed by atoms with van der Waals surface area (Å²) in [6, 6.07) is 3.96. The Morgan fingerprint density at radius 3 is 2.63 bits per heavy atom. The second-order valence-corrected chi connectivity index (χ2v) is 5.36. The van der Waals surface area contributed by atoms with E-state index in [-0.39, 0.29) is 5.56 Å². The quantitative estimate of drug-likeness (QED) is 0.784. The molecule has 1 aromatic carbocycles. The Hall–Kier alpha value is -1.22. The van der Waals surface area contributed by atoms with E-state index in [1.807, 2.05) is 6.08 Å². The Kier molecular flexibility index (Phi) is 4.35. The van der Waals surface area contributed by atoms with Gasteiger partial charge in [-0.05, 0) is 44.2 Å². The monoisotopic (exact) mass is 266 g/mol. The van der Waals surface area contributed by atoms with Crippen LogP contribution in [0.15, 0.2) is 29.8 Å². The third kappa shape index (κ3) is 3.03. The first-order valence-corrected chi connectivity index (χ1v) is 6.90. The van der Waals surface area contributed by atoms with Crippen molar-refractivity contribution in [3.8, 4) is 0 Å². The molecule has 2 rings (SSSR count). The normalized spacial score (nSPS) is 22.8. The SMILES string of the molecule is CC(O)(/C1=C/CCCCCC1)c1cccc(F)c1F. The molecule has 19 heavy (non-hydrogen) atoms. The van der Waals surface area contributed by atoms with E-state index in [9.17, 15) is 13.9 Å². The Bertz CT molecular complexity index is 478. The van der Waals surface area contributed by atoms with Gasteiger partial charge in [0.2, 0.25) is 0 Å². The van der Waals surface area contributed by atoms with E-state index in [2.05, 4.69) is 0 Å². The number of hydrogen-bond acceptors (Lipinski definition) is 1. The lowest BCUT2D eigenvalue weighted by molar-refractivity contribution is 0.0872. The van der Waals surface area contributed by atoms with Crippen LogP contribution in [0.3, 0.4) is 0 Å². The van der Waals surface area contributed by atoms with Gasteiger partial charge in [-0.3, -0.25) is 0 Å². The third-order valence-corrected chi connectivity index (χ3v) is 3.89. The van der Waals surface area contributed by atoms with Crippen LogP contribution in [0.5, 0.6) is 0 Å². The van der Waals surface area contributed by atoms with Crippen molar-refractivity contribution in [2.24, 2.45) is 0 Å². The lowest BCUT2D eigenvalue weighted by atomic mass is 9.83. The number of hydrogen-bond donors (Lipinski definition) is 1. The van der Waals surface area contributed by atoms with E-state index in [1.54, 1.807) is 6.92 Å². The first-order valence-electron chi connectivity index (χ1n) is 6.90. The van der Waals surface area contributed by atoms with Crippen LogP contribution >= 0.6 is 0 Å². The molecule has 0 aliphatic heterocycles. The van der Waals surface area contributed by atoms with Gasteiger partial charge in [0.25, 0.3) is 0 Å². The number of rotatable bonds is 2. The summed E-state index contributed by atoms with van der Waals surface area (Å²) in [5.74, 6) is -1.86. The molecule has 1 unspecified atom stereocenters. The molecule has 0 saturated carbocycles. The molecule has 0 saturated heterocycles. The first kappa shape index (κ1) is 14.2. The van der Waals surface area contributed by atoms with E-state index in [1.165, 1.54) is 18.6 Å². The fourth-order valence-corrected chi connectivity index (χ4v) is 2.69. The predicted molar refractivity (Wildman–Crippen MR) is 71.7 cm³/mol. The molecule has 0 aromatic heterocycles. The van der Waals surface area contributed by atoms with Crippen molar-refractivity contribution in [2.45, 2.75) is 51.0 Å². The molecule has 0 heterocycles. The zero-order valence-electron chi connectivity index (χ0n) is 11.3. The zero-order valence-corrected chi connectivity index (χ0v) is 11.3. The van der Waals surface area contributed by atoms with Crippen LogP contribution in [0.25, 0.3) is 0 Å². The highest BCUT2D eigenvalue weighted by atomic mass is 19.2. The highest BCUT2D eigenvalue weighted by Gasteiger charge is 2.31. The molecule has 104 valence electrons. The number of aliphatic hydroxyl groups is 1. The first-order chi connectivity index (χ1) is 9.03. The molecule has 0 bridgehead atoms. The van der Waals surface area contributed by atoms with E-state index in [4.69, 9.17) is 0 Å². The summed E-state index contributed by atoms with van der Waals surface area (Å²) in [5, 5.41) is 10.7. The van der Waals surface area contributed by atoms with Crippen LogP contribution in [0.1, 0.15) is 51.0 Å². The van der Waals surface area contributed by atoms with Crippen LogP contribution in [0, 0.1) is 11.6 Å². The number of benzene rings is 1. The molecule has 1 N–H and O–H groups in total. The van der Waals surface area contributed by atoms with E-state index in [0.29, 0.717) is 0 Å². The highest BCUT2D eigenvalue weighted by molar-refractivity contribution is 5.33. The summed E-state index contributed by atoms with van der Waals surface area (Å²) in [5.41, 5.74) is -0.597. The van der Waals surface area contributed by atoms with Gasteiger partial charge < -0.3 is 5.11 Å². The summed E-state index contributed by atoms with van der Waals surface area (Å²) in [7, 11) is 0. The van der Waals surface area contributed by atoms with Crippen molar-refractivity contribution >= 4 is 0 Å². The van der Waals surface area contributed by atoms with Gasteiger partial charge in [-0.25, -0.2) is 8.78 Å². The van der Waals surface area contributed by atoms with Gasteiger partial charge in [-0.2, -0.15) is 0 Å².